The third kappa shape index (κ3) is 5.25. The number of ether oxygens (including phenoxy) is 2. The second kappa shape index (κ2) is 11.5. The van der Waals surface area contributed by atoms with Gasteiger partial charge in [-0.15, -0.1) is 5.10 Å². The van der Waals surface area contributed by atoms with Crippen molar-refractivity contribution >= 4 is 28.7 Å². The van der Waals surface area contributed by atoms with E-state index in [2.05, 4.69) is 58.5 Å². The molecule has 10 heteroatoms. The number of aromatic nitrogens is 5. The van der Waals surface area contributed by atoms with Crippen LogP contribution in [0.5, 0.6) is 11.5 Å². The molecule has 40 heavy (non-hydrogen) atoms. The van der Waals surface area contributed by atoms with Crippen LogP contribution in [0, 0.1) is 0 Å². The summed E-state index contributed by atoms with van der Waals surface area (Å²) in [7, 11) is 3.34. The molecule has 0 spiro atoms. The second-order valence-corrected chi connectivity index (χ2v) is 11.3. The molecule has 2 aromatic heterocycles. The number of benzene rings is 2. The van der Waals surface area contributed by atoms with E-state index in [1.165, 1.54) is 5.56 Å². The van der Waals surface area contributed by atoms with Crippen molar-refractivity contribution in [3.8, 4) is 11.5 Å². The van der Waals surface area contributed by atoms with Crippen LogP contribution < -0.4 is 14.4 Å². The van der Waals surface area contributed by atoms with Crippen molar-refractivity contribution in [1.82, 2.24) is 25.0 Å². The summed E-state index contributed by atoms with van der Waals surface area (Å²) in [6.45, 7) is 2.74. The molecule has 208 valence electrons. The lowest BCUT2D eigenvalue weighted by Crippen LogP contribution is -2.28. The van der Waals surface area contributed by atoms with Gasteiger partial charge in [0.15, 0.2) is 22.1 Å². The number of methoxy groups -OCH3 is 2. The molecule has 0 bridgehead atoms. The third-order valence-electron chi connectivity index (χ3n) is 7.56. The van der Waals surface area contributed by atoms with E-state index in [1.54, 1.807) is 26.0 Å². The average molecular weight is 559 g/mol. The summed E-state index contributed by atoms with van der Waals surface area (Å²) in [5.74, 6) is 3.58. The van der Waals surface area contributed by atoms with Crippen LogP contribution >= 0.6 is 11.8 Å². The van der Waals surface area contributed by atoms with Gasteiger partial charge < -0.3 is 19.5 Å². The summed E-state index contributed by atoms with van der Waals surface area (Å²) >= 11 is 1.64. The van der Waals surface area contributed by atoms with Gasteiger partial charge in [-0.25, -0.2) is 14.6 Å². The first kappa shape index (κ1) is 26.6. The number of hydrogen-bond acceptors (Lipinski definition) is 9. The highest BCUT2D eigenvalue weighted by Crippen LogP contribution is 2.48. The zero-order chi connectivity index (χ0) is 27.6. The number of rotatable bonds is 11. The molecule has 2 aromatic carbocycles. The summed E-state index contributed by atoms with van der Waals surface area (Å²) in [6, 6.07) is 16.7. The molecule has 9 nitrogen and oxygen atoms in total. The van der Waals surface area contributed by atoms with Gasteiger partial charge in [-0.1, -0.05) is 66.4 Å². The van der Waals surface area contributed by atoms with Gasteiger partial charge >= 0.3 is 0 Å². The number of anilines is 1. The van der Waals surface area contributed by atoms with E-state index in [0.717, 1.165) is 41.5 Å². The Balaban J connectivity index is 1.46. The van der Waals surface area contributed by atoms with Gasteiger partial charge in [-0.2, -0.15) is 0 Å². The topological polar surface area (TPSA) is 98.4 Å². The Hall–Kier alpha value is -3.63. The lowest BCUT2D eigenvalue weighted by Gasteiger charge is -2.26. The first-order chi connectivity index (χ1) is 19.6. The third-order valence-corrected chi connectivity index (χ3v) is 8.62. The van der Waals surface area contributed by atoms with Gasteiger partial charge in [0.25, 0.3) is 0 Å². The molecule has 0 amide bonds. The van der Waals surface area contributed by atoms with E-state index in [-0.39, 0.29) is 12.1 Å². The molecule has 2 heterocycles. The number of fused-ring (bicyclic) bond motifs is 1. The maximum atomic E-state index is 10.1. The zero-order valence-electron chi connectivity index (χ0n) is 23.0. The normalized spacial score (nSPS) is 21.6. The monoisotopic (exact) mass is 558 g/mol. The summed E-state index contributed by atoms with van der Waals surface area (Å²) in [6.07, 6.45) is 5.88. The van der Waals surface area contributed by atoms with Gasteiger partial charge in [-0.3, -0.25) is 0 Å². The van der Waals surface area contributed by atoms with Crippen molar-refractivity contribution in [2.24, 2.45) is 0 Å². The molecule has 1 saturated carbocycles. The van der Waals surface area contributed by atoms with Crippen LogP contribution in [0.2, 0.25) is 0 Å². The molecule has 0 radical (unpaired) electrons. The van der Waals surface area contributed by atoms with Crippen molar-refractivity contribution in [2.75, 3.05) is 24.9 Å². The molecule has 4 aromatic rings. The highest BCUT2D eigenvalue weighted by Gasteiger charge is 2.44. The number of nitrogens with zero attached hydrogens (tertiary/aromatic N) is 6. The number of aliphatic hydroxyl groups excluding tert-OH is 1. The van der Waals surface area contributed by atoms with E-state index >= 15 is 0 Å². The first-order valence-corrected chi connectivity index (χ1v) is 14.7. The minimum Gasteiger partial charge on any atom is -0.497 e. The van der Waals surface area contributed by atoms with Crippen molar-refractivity contribution in [3.05, 3.63) is 71.8 Å². The maximum absolute atomic E-state index is 10.1. The van der Waals surface area contributed by atoms with Crippen molar-refractivity contribution < 1.29 is 14.6 Å². The summed E-state index contributed by atoms with van der Waals surface area (Å²) in [4.78, 5) is 12.4. The number of aliphatic hydroxyl groups is 1. The molecule has 0 aliphatic heterocycles. The van der Waals surface area contributed by atoms with Crippen LogP contribution in [0.1, 0.15) is 49.3 Å². The largest absolute Gasteiger partial charge is 0.497 e. The highest BCUT2D eigenvalue weighted by atomic mass is 32.2. The standard InChI is InChI=1S/C30H34N6O3S/c1-4-14-40-30-31-28(27-29(32-30)36(34-33-27)21-11-12-22(37)15-21)35(25-17-24(25)19-8-6-5-7-9-19)18-20-10-13-23(38-2)16-26(20)39-3/h5-13,16,21-22,24-25,37H,4,14-15,17-18H2,1-3H3/t21-,22+,24-,25?/m0/s1. The maximum Gasteiger partial charge on any atom is 0.191 e. The predicted octanol–water partition coefficient (Wildman–Crippen LogP) is 5.17. The molecule has 4 atom stereocenters. The van der Waals surface area contributed by atoms with E-state index in [4.69, 9.17) is 19.4 Å². The fourth-order valence-corrected chi connectivity index (χ4v) is 6.11. The van der Waals surface area contributed by atoms with Crippen molar-refractivity contribution in [1.29, 1.82) is 0 Å². The zero-order valence-corrected chi connectivity index (χ0v) is 23.8. The molecular formula is C30H34N6O3S. The van der Waals surface area contributed by atoms with Gasteiger partial charge in [0.2, 0.25) is 0 Å². The summed E-state index contributed by atoms with van der Waals surface area (Å²) in [5, 5.41) is 20.0. The van der Waals surface area contributed by atoms with Crippen LogP contribution in [0.3, 0.4) is 0 Å². The Morgan fingerprint density at radius 1 is 1.05 bits per heavy atom. The van der Waals surface area contributed by atoms with Crippen LogP contribution in [-0.2, 0) is 6.54 Å². The summed E-state index contributed by atoms with van der Waals surface area (Å²) < 4.78 is 13.1. The number of allylic oxidation sites excluding steroid dienone is 1. The van der Waals surface area contributed by atoms with E-state index in [1.807, 2.05) is 29.0 Å². The Kier molecular flexibility index (Phi) is 7.62. The van der Waals surface area contributed by atoms with Crippen LogP contribution in [-0.4, -0.2) is 62.2 Å². The highest BCUT2D eigenvalue weighted by molar-refractivity contribution is 7.99. The molecule has 6 rings (SSSR count). The molecule has 2 aliphatic carbocycles. The van der Waals surface area contributed by atoms with Gasteiger partial charge in [0, 0.05) is 42.3 Å². The number of hydrogen-bond donors (Lipinski definition) is 1. The van der Waals surface area contributed by atoms with E-state index in [9.17, 15) is 5.11 Å². The predicted molar refractivity (Wildman–Crippen MR) is 156 cm³/mol. The van der Waals surface area contributed by atoms with Gasteiger partial charge in [0.05, 0.1) is 26.4 Å². The Labute approximate surface area is 238 Å². The number of thioether (sulfide) groups is 1. The minimum atomic E-state index is -0.489. The van der Waals surface area contributed by atoms with Gasteiger partial charge in [-0.05, 0) is 30.5 Å². The van der Waals surface area contributed by atoms with Gasteiger partial charge in [0.1, 0.15) is 11.5 Å². The first-order valence-electron chi connectivity index (χ1n) is 13.7. The van der Waals surface area contributed by atoms with Crippen molar-refractivity contribution in [3.63, 3.8) is 0 Å². The average Bonchev–Trinajstić information content (AvgIpc) is 3.48. The molecular weight excluding hydrogens is 524 g/mol. The molecule has 1 unspecified atom stereocenters. The summed E-state index contributed by atoms with van der Waals surface area (Å²) in [5.41, 5.74) is 3.71. The minimum absolute atomic E-state index is 0.0973. The van der Waals surface area contributed by atoms with Crippen LogP contribution in [0.25, 0.3) is 11.2 Å². The molecule has 0 saturated heterocycles. The molecule has 1 fully saturated rings. The Bertz CT molecular complexity index is 1510. The molecule has 1 N–H and O–H groups in total. The van der Waals surface area contributed by atoms with E-state index in [0.29, 0.717) is 35.2 Å². The SMILES string of the molecule is CCCSc1nc(N(Cc2ccc(OC)cc2OC)C2C[C@H]2c2ccccc2)c2nnn([C@H]3C=C[C@@H](O)C3)c2n1. The van der Waals surface area contributed by atoms with Crippen LogP contribution in [0.4, 0.5) is 5.82 Å². The van der Waals surface area contributed by atoms with E-state index < -0.39 is 6.10 Å². The second-order valence-electron chi connectivity index (χ2n) is 10.3. The lowest BCUT2D eigenvalue weighted by molar-refractivity contribution is 0.208. The molecule has 2 aliphatic rings. The Morgan fingerprint density at radius 2 is 1.90 bits per heavy atom. The van der Waals surface area contributed by atoms with Crippen LogP contribution in [0.15, 0.2) is 65.8 Å². The lowest BCUT2D eigenvalue weighted by atomic mass is 10.1. The quantitative estimate of drug-likeness (QED) is 0.152. The fraction of sp³-hybridized carbons (Fsp3) is 0.400. The van der Waals surface area contributed by atoms with Crippen molar-refractivity contribution in [2.45, 2.75) is 62.0 Å². The Morgan fingerprint density at radius 3 is 2.62 bits per heavy atom. The fourth-order valence-electron chi connectivity index (χ4n) is 5.42. The smallest absolute Gasteiger partial charge is 0.191 e.